The highest BCUT2D eigenvalue weighted by Gasteiger charge is 2.31. The number of carbonyl (C=O) groups is 2. The largest absolute Gasteiger partial charge is 0.456 e. The second-order valence-electron chi connectivity index (χ2n) is 7.68. The van der Waals surface area contributed by atoms with Crippen molar-refractivity contribution in [3.8, 4) is 0 Å². The Bertz CT molecular complexity index is 902. The molecule has 158 valence electrons. The predicted molar refractivity (Wildman–Crippen MR) is 109 cm³/mol. The number of rotatable bonds is 6. The number of hydrogen-bond donors (Lipinski definition) is 0. The normalized spacial score (nSPS) is 20.1. The maximum absolute atomic E-state index is 13.0. The standard InChI is InChI=1S/C21H28N2O5S/c1-16-7-8-17(2)19(13-16)29(26,27)23-11-9-22(10-12-23)20(24)15-28-21(25)14-18-5-3-4-6-18/h3,5,7-8,13,18H,4,6,9-12,14-15H2,1-2H3/t18-/m1/s1. The fourth-order valence-electron chi connectivity index (χ4n) is 3.67. The summed E-state index contributed by atoms with van der Waals surface area (Å²) in [7, 11) is -3.60. The lowest BCUT2D eigenvalue weighted by atomic mass is 10.1. The quantitative estimate of drug-likeness (QED) is 0.519. The molecule has 0 spiro atoms. The number of nitrogens with zero attached hydrogens (tertiary/aromatic N) is 2. The number of sulfonamides is 1. The van der Waals surface area contributed by atoms with Gasteiger partial charge >= 0.3 is 5.97 Å². The minimum Gasteiger partial charge on any atom is -0.456 e. The lowest BCUT2D eigenvalue weighted by Gasteiger charge is -2.34. The highest BCUT2D eigenvalue weighted by Crippen LogP contribution is 2.23. The second-order valence-corrected chi connectivity index (χ2v) is 9.59. The number of benzene rings is 1. The smallest absolute Gasteiger partial charge is 0.306 e. The van der Waals surface area contributed by atoms with Crippen molar-refractivity contribution in [2.45, 2.75) is 38.0 Å². The molecule has 0 aromatic heterocycles. The summed E-state index contributed by atoms with van der Waals surface area (Å²) < 4.78 is 32.5. The first kappa shape index (κ1) is 21.5. The molecule has 1 heterocycles. The molecule has 1 aliphatic heterocycles. The van der Waals surface area contributed by atoms with Crippen LogP contribution in [0.1, 0.15) is 30.4 Å². The molecule has 1 atom stereocenters. The topological polar surface area (TPSA) is 84.0 Å². The molecular weight excluding hydrogens is 392 g/mol. The third-order valence-corrected chi connectivity index (χ3v) is 7.49. The van der Waals surface area contributed by atoms with Crippen LogP contribution in [0.3, 0.4) is 0 Å². The van der Waals surface area contributed by atoms with E-state index in [1.54, 1.807) is 24.0 Å². The molecule has 0 saturated carbocycles. The zero-order chi connectivity index (χ0) is 21.0. The average Bonchev–Trinajstić information content (AvgIpc) is 3.21. The first-order valence-corrected chi connectivity index (χ1v) is 11.4. The zero-order valence-electron chi connectivity index (χ0n) is 17.0. The number of piperazine rings is 1. The van der Waals surface area contributed by atoms with Crippen LogP contribution in [-0.4, -0.2) is 62.3 Å². The molecule has 0 N–H and O–H groups in total. The van der Waals surface area contributed by atoms with E-state index in [0.29, 0.717) is 16.9 Å². The van der Waals surface area contributed by atoms with E-state index in [9.17, 15) is 18.0 Å². The Morgan fingerprint density at radius 3 is 2.52 bits per heavy atom. The number of allylic oxidation sites excluding steroid dienone is 2. The Labute approximate surface area is 172 Å². The van der Waals surface area contributed by atoms with Gasteiger partial charge in [-0.05, 0) is 49.8 Å². The lowest BCUT2D eigenvalue weighted by molar-refractivity contribution is -0.153. The summed E-state index contributed by atoms with van der Waals surface area (Å²) in [6.07, 6.45) is 6.28. The van der Waals surface area contributed by atoms with Crippen molar-refractivity contribution in [1.82, 2.24) is 9.21 Å². The monoisotopic (exact) mass is 420 g/mol. The van der Waals surface area contributed by atoms with E-state index in [1.807, 2.05) is 19.1 Å². The molecule has 1 aromatic carbocycles. The maximum atomic E-state index is 13.0. The molecule has 2 aliphatic rings. The Balaban J connectivity index is 1.50. The first-order chi connectivity index (χ1) is 13.8. The van der Waals surface area contributed by atoms with E-state index in [0.717, 1.165) is 18.4 Å². The minimum atomic E-state index is -3.60. The highest BCUT2D eigenvalue weighted by atomic mass is 32.2. The van der Waals surface area contributed by atoms with Gasteiger partial charge in [-0.25, -0.2) is 8.42 Å². The van der Waals surface area contributed by atoms with Gasteiger partial charge in [0, 0.05) is 26.2 Å². The summed E-state index contributed by atoms with van der Waals surface area (Å²) in [6.45, 7) is 4.36. The van der Waals surface area contributed by atoms with Crippen molar-refractivity contribution in [2.75, 3.05) is 32.8 Å². The third kappa shape index (κ3) is 5.25. The molecule has 29 heavy (non-hydrogen) atoms. The van der Waals surface area contributed by atoms with Gasteiger partial charge in [0.25, 0.3) is 5.91 Å². The van der Waals surface area contributed by atoms with Gasteiger partial charge in [0.2, 0.25) is 10.0 Å². The number of hydrogen-bond acceptors (Lipinski definition) is 5. The molecule has 1 saturated heterocycles. The summed E-state index contributed by atoms with van der Waals surface area (Å²) in [5, 5.41) is 0. The van der Waals surface area contributed by atoms with Gasteiger partial charge in [0.1, 0.15) is 0 Å². The van der Waals surface area contributed by atoms with Crippen LogP contribution in [0.5, 0.6) is 0 Å². The van der Waals surface area contributed by atoms with Crippen molar-refractivity contribution < 1.29 is 22.7 Å². The van der Waals surface area contributed by atoms with Crippen LogP contribution in [0.15, 0.2) is 35.2 Å². The van der Waals surface area contributed by atoms with Gasteiger partial charge in [-0.15, -0.1) is 0 Å². The molecule has 8 heteroatoms. The molecule has 1 aromatic rings. The van der Waals surface area contributed by atoms with Gasteiger partial charge in [-0.2, -0.15) is 4.31 Å². The summed E-state index contributed by atoms with van der Waals surface area (Å²) in [5.41, 5.74) is 1.59. The van der Waals surface area contributed by atoms with Crippen LogP contribution >= 0.6 is 0 Å². The molecule has 1 fully saturated rings. The number of esters is 1. The van der Waals surface area contributed by atoms with Gasteiger partial charge in [-0.3, -0.25) is 9.59 Å². The van der Waals surface area contributed by atoms with E-state index in [1.165, 1.54) is 4.31 Å². The Morgan fingerprint density at radius 2 is 1.86 bits per heavy atom. The van der Waals surface area contributed by atoms with Crippen molar-refractivity contribution >= 4 is 21.9 Å². The fourth-order valence-corrected chi connectivity index (χ4v) is 5.41. The maximum Gasteiger partial charge on any atom is 0.306 e. The number of aryl methyl sites for hydroxylation is 2. The van der Waals surface area contributed by atoms with Gasteiger partial charge < -0.3 is 9.64 Å². The molecule has 1 aliphatic carbocycles. The third-order valence-electron chi connectivity index (χ3n) is 5.45. The summed E-state index contributed by atoms with van der Waals surface area (Å²) >= 11 is 0. The number of carbonyl (C=O) groups excluding carboxylic acids is 2. The predicted octanol–water partition coefficient (Wildman–Crippen LogP) is 2.04. The van der Waals surface area contributed by atoms with E-state index in [4.69, 9.17) is 4.74 Å². The number of ether oxygens (including phenoxy) is 1. The van der Waals surface area contributed by atoms with Gasteiger partial charge in [0.05, 0.1) is 11.3 Å². The Morgan fingerprint density at radius 1 is 1.14 bits per heavy atom. The van der Waals surface area contributed by atoms with E-state index < -0.39 is 10.0 Å². The van der Waals surface area contributed by atoms with Crippen LogP contribution in [0.2, 0.25) is 0 Å². The van der Waals surface area contributed by atoms with Gasteiger partial charge in [-0.1, -0.05) is 24.3 Å². The highest BCUT2D eigenvalue weighted by molar-refractivity contribution is 7.89. The van der Waals surface area contributed by atoms with Crippen LogP contribution in [-0.2, 0) is 24.3 Å². The molecule has 0 radical (unpaired) electrons. The summed E-state index contributed by atoms with van der Waals surface area (Å²) in [5.74, 6) is -0.452. The first-order valence-electron chi connectivity index (χ1n) is 9.95. The minimum absolute atomic E-state index is 0.205. The van der Waals surface area contributed by atoms with Crippen LogP contribution in [0.4, 0.5) is 0 Å². The van der Waals surface area contributed by atoms with E-state index >= 15 is 0 Å². The molecule has 0 unspecified atom stereocenters. The van der Waals surface area contributed by atoms with Crippen molar-refractivity contribution in [3.63, 3.8) is 0 Å². The van der Waals surface area contributed by atoms with Gasteiger partial charge in [0.15, 0.2) is 6.61 Å². The van der Waals surface area contributed by atoms with Crippen LogP contribution in [0, 0.1) is 19.8 Å². The van der Waals surface area contributed by atoms with Crippen molar-refractivity contribution in [3.05, 3.63) is 41.5 Å². The molecule has 7 nitrogen and oxygen atoms in total. The molecule has 3 rings (SSSR count). The zero-order valence-corrected chi connectivity index (χ0v) is 17.8. The van der Waals surface area contributed by atoms with Crippen molar-refractivity contribution in [1.29, 1.82) is 0 Å². The second kappa shape index (κ2) is 9.09. The summed E-state index contributed by atoms with van der Waals surface area (Å²) in [4.78, 5) is 26.1. The van der Waals surface area contributed by atoms with Crippen LogP contribution in [0.25, 0.3) is 0 Å². The molecule has 0 bridgehead atoms. The van der Waals surface area contributed by atoms with Crippen molar-refractivity contribution in [2.24, 2.45) is 5.92 Å². The Hall–Kier alpha value is -2.19. The average molecular weight is 421 g/mol. The Kier molecular flexibility index (Phi) is 6.74. The molecular formula is C21H28N2O5S. The van der Waals surface area contributed by atoms with Crippen LogP contribution < -0.4 is 0 Å². The lowest BCUT2D eigenvalue weighted by Crippen LogP contribution is -2.51. The molecule has 1 amide bonds. The van der Waals surface area contributed by atoms with E-state index in [2.05, 4.69) is 6.08 Å². The SMILES string of the molecule is Cc1ccc(C)c(S(=O)(=O)N2CCN(C(=O)COC(=O)C[C@@H]3C=CCC3)CC2)c1. The number of amides is 1. The fraction of sp³-hybridized carbons (Fsp3) is 0.524. The summed E-state index contributed by atoms with van der Waals surface area (Å²) in [6, 6.07) is 5.37. The van der Waals surface area contributed by atoms with E-state index in [-0.39, 0.29) is 50.6 Å².